The Balaban J connectivity index is 2.10. The highest BCUT2D eigenvalue weighted by atomic mass is 16.1. The van der Waals surface area contributed by atoms with Gasteiger partial charge in [0.25, 0.3) is 11.5 Å². The number of aryl methyl sites for hydroxylation is 1. The molecule has 0 aliphatic heterocycles. The maximum absolute atomic E-state index is 13.1. The lowest BCUT2D eigenvalue weighted by molar-refractivity contribution is 0.0993. The van der Waals surface area contributed by atoms with Crippen molar-refractivity contribution in [2.45, 2.75) is 6.54 Å². The fourth-order valence-corrected chi connectivity index (χ4v) is 3.30. The number of amides is 1. The molecule has 0 fully saturated rings. The molecule has 0 saturated carbocycles. The molecule has 124 valence electrons. The Labute approximate surface area is 143 Å². The number of hydrogen-bond donors (Lipinski definition) is 1. The summed E-state index contributed by atoms with van der Waals surface area (Å²) in [7, 11) is 1.75. The molecule has 3 aromatic heterocycles. The van der Waals surface area contributed by atoms with Crippen LogP contribution in [0.1, 0.15) is 16.2 Å². The first-order valence-electron chi connectivity index (χ1n) is 7.88. The van der Waals surface area contributed by atoms with Crippen LogP contribution in [0, 0.1) is 0 Å². The Bertz CT molecular complexity index is 1170. The molecule has 6 heteroatoms. The summed E-state index contributed by atoms with van der Waals surface area (Å²) in [6.07, 6.45) is 1.70. The van der Waals surface area contributed by atoms with Gasteiger partial charge in [-0.1, -0.05) is 24.3 Å². The number of aromatic nitrogens is 3. The van der Waals surface area contributed by atoms with Crippen LogP contribution >= 0.6 is 0 Å². The monoisotopic (exact) mass is 332 g/mol. The first-order valence-corrected chi connectivity index (χ1v) is 7.88. The second-order valence-corrected chi connectivity index (χ2v) is 5.94. The van der Waals surface area contributed by atoms with Crippen LogP contribution in [0.15, 0.2) is 59.5 Å². The van der Waals surface area contributed by atoms with E-state index in [4.69, 9.17) is 5.73 Å². The van der Waals surface area contributed by atoms with Gasteiger partial charge in [-0.3, -0.25) is 14.6 Å². The number of rotatable bonds is 3. The Morgan fingerprint density at radius 2 is 1.88 bits per heavy atom. The zero-order chi connectivity index (χ0) is 17.6. The van der Waals surface area contributed by atoms with E-state index >= 15 is 0 Å². The number of benzene rings is 1. The molecular weight excluding hydrogens is 316 g/mol. The van der Waals surface area contributed by atoms with E-state index in [0.717, 1.165) is 16.6 Å². The standard InChI is InChI=1S/C19H16N4O2/c1-22-16(18(20)24)10-14-17(22)13-7-2-3-8-15(13)23(19(14)25)11-12-6-4-5-9-21-12/h2-10H,11H2,1H3,(H2,20,24). The van der Waals surface area contributed by atoms with Gasteiger partial charge in [0.05, 0.1) is 28.7 Å². The van der Waals surface area contributed by atoms with Gasteiger partial charge in [-0.15, -0.1) is 0 Å². The topological polar surface area (TPSA) is 82.9 Å². The van der Waals surface area contributed by atoms with Gasteiger partial charge in [0.1, 0.15) is 5.69 Å². The van der Waals surface area contributed by atoms with Gasteiger partial charge in [0.2, 0.25) is 0 Å². The number of pyridine rings is 2. The Hall–Kier alpha value is -3.41. The summed E-state index contributed by atoms with van der Waals surface area (Å²) in [4.78, 5) is 29.1. The summed E-state index contributed by atoms with van der Waals surface area (Å²) in [5, 5.41) is 1.37. The van der Waals surface area contributed by atoms with Crippen LogP contribution in [0.3, 0.4) is 0 Å². The van der Waals surface area contributed by atoms with Crippen molar-refractivity contribution in [3.63, 3.8) is 0 Å². The van der Waals surface area contributed by atoms with E-state index in [0.29, 0.717) is 23.1 Å². The molecule has 6 nitrogen and oxygen atoms in total. The van der Waals surface area contributed by atoms with E-state index in [1.165, 1.54) is 0 Å². The van der Waals surface area contributed by atoms with Crippen molar-refractivity contribution in [1.82, 2.24) is 14.1 Å². The average molecular weight is 332 g/mol. The highest BCUT2D eigenvalue weighted by Crippen LogP contribution is 2.25. The predicted octanol–water partition coefficient (Wildman–Crippen LogP) is 2.04. The van der Waals surface area contributed by atoms with Crippen LogP contribution in [0.5, 0.6) is 0 Å². The van der Waals surface area contributed by atoms with E-state index in [-0.39, 0.29) is 5.56 Å². The number of nitrogens with two attached hydrogens (primary N) is 1. The molecule has 4 aromatic rings. The third kappa shape index (κ3) is 2.30. The summed E-state index contributed by atoms with van der Waals surface area (Å²) in [6.45, 7) is 0.358. The average Bonchev–Trinajstić information content (AvgIpc) is 2.97. The van der Waals surface area contributed by atoms with E-state index in [1.807, 2.05) is 42.5 Å². The maximum Gasteiger partial charge on any atom is 0.265 e. The molecule has 0 atom stereocenters. The Kier molecular flexibility index (Phi) is 3.39. The van der Waals surface area contributed by atoms with Crippen LogP contribution in [-0.4, -0.2) is 20.0 Å². The van der Waals surface area contributed by atoms with Crippen molar-refractivity contribution in [3.8, 4) is 0 Å². The molecule has 2 N–H and O–H groups in total. The number of primary amides is 1. The third-order valence-electron chi connectivity index (χ3n) is 4.46. The molecule has 0 unspecified atom stereocenters. The van der Waals surface area contributed by atoms with Crippen molar-refractivity contribution in [2.75, 3.05) is 0 Å². The normalized spacial score (nSPS) is 11.2. The summed E-state index contributed by atoms with van der Waals surface area (Å²) >= 11 is 0. The first-order chi connectivity index (χ1) is 12.1. The molecule has 0 bridgehead atoms. The molecule has 25 heavy (non-hydrogen) atoms. The molecule has 0 spiro atoms. The lowest BCUT2D eigenvalue weighted by atomic mass is 10.1. The quantitative estimate of drug-likeness (QED) is 0.623. The maximum atomic E-state index is 13.1. The van der Waals surface area contributed by atoms with Crippen LogP contribution in [-0.2, 0) is 13.6 Å². The number of carbonyl (C=O) groups is 1. The first kappa shape index (κ1) is 15.1. The summed E-state index contributed by atoms with van der Waals surface area (Å²) < 4.78 is 3.37. The smallest absolute Gasteiger partial charge is 0.265 e. The lowest BCUT2D eigenvalue weighted by Crippen LogP contribution is -2.21. The second-order valence-electron chi connectivity index (χ2n) is 5.94. The van der Waals surface area contributed by atoms with E-state index in [2.05, 4.69) is 4.98 Å². The van der Waals surface area contributed by atoms with E-state index in [9.17, 15) is 9.59 Å². The number of para-hydroxylation sites is 1. The minimum atomic E-state index is -0.557. The minimum absolute atomic E-state index is 0.164. The fourth-order valence-electron chi connectivity index (χ4n) is 3.30. The molecule has 0 radical (unpaired) electrons. The van der Waals surface area contributed by atoms with Crippen molar-refractivity contribution in [2.24, 2.45) is 12.8 Å². The van der Waals surface area contributed by atoms with Gasteiger partial charge in [-0.25, -0.2) is 0 Å². The fraction of sp³-hybridized carbons (Fsp3) is 0.105. The molecular formula is C19H16N4O2. The van der Waals surface area contributed by atoms with Gasteiger partial charge in [0, 0.05) is 18.6 Å². The molecule has 4 rings (SSSR count). The molecule has 1 amide bonds. The zero-order valence-corrected chi connectivity index (χ0v) is 13.6. The number of carbonyl (C=O) groups excluding carboxylic acids is 1. The zero-order valence-electron chi connectivity index (χ0n) is 13.6. The van der Waals surface area contributed by atoms with Crippen molar-refractivity contribution >= 4 is 27.7 Å². The van der Waals surface area contributed by atoms with Crippen LogP contribution in [0.25, 0.3) is 21.8 Å². The summed E-state index contributed by atoms with van der Waals surface area (Å²) in [6, 6.07) is 14.8. The van der Waals surface area contributed by atoms with Gasteiger partial charge in [0.15, 0.2) is 0 Å². The Morgan fingerprint density at radius 1 is 1.12 bits per heavy atom. The number of hydrogen-bond acceptors (Lipinski definition) is 3. The van der Waals surface area contributed by atoms with Gasteiger partial charge < -0.3 is 14.9 Å². The largest absolute Gasteiger partial charge is 0.364 e. The number of fused-ring (bicyclic) bond motifs is 3. The van der Waals surface area contributed by atoms with Crippen LogP contribution < -0.4 is 11.3 Å². The number of nitrogens with zero attached hydrogens (tertiary/aromatic N) is 3. The second kappa shape index (κ2) is 5.59. The molecule has 1 aromatic carbocycles. The SMILES string of the molecule is Cn1c(C(N)=O)cc2c(=O)n(Cc3ccccn3)c3ccccc3c21. The molecule has 0 saturated heterocycles. The Morgan fingerprint density at radius 3 is 2.60 bits per heavy atom. The van der Waals surface area contributed by atoms with Crippen LogP contribution in [0.4, 0.5) is 0 Å². The molecule has 0 aliphatic carbocycles. The minimum Gasteiger partial charge on any atom is -0.364 e. The molecule has 3 heterocycles. The van der Waals surface area contributed by atoms with Crippen molar-refractivity contribution < 1.29 is 4.79 Å². The van der Waals surface area contributed by atoms with Gasteiger partial charge in [-0.05, 0) is 24.3 Å². The van der Waals surface area contributed by atoms with Crippen molar-refractivity contribution in [3.05, 3.63) is 76.5 Å². The lowest BCUT2D eigenvalue weighted by Gasteiger charge is -2.12. The van der Waals surface area contributed by atoms with Gasteiger partial charge >= 0.3 is 0 Å². The van der Waals surface area contributed by atoms with E-state index in [1.54, 1.807) is 28.4 Å². The third-order valence-corrected chi connectivity index (χ3v) is 4.46. The summed E-state index contributed by atoms with van der Waals surface area (Å²) in [5.74, 6) is -0.557. The van der Waals surface area contributed by atoms with Crippen molar-refractivity contribution in [1.29, 1.82) is 0 Å². The highest BCUT2D eigenvalue weighted by Gasteiger charge is 2.18. The van der Waals surface area contributed by atoms with Crippen LogP contribution in [0.2, 0.25) is 0 Å². The van der Waals surface area contributed by atoms with Gasteiger partial charge in [-0.2, -0.15) is 0 Å². The molecule has 0 aliphatic rings. The highest BCUT2D eigenvalue weighted by molar-refractivity contribution is 6.07. The predicted molar refractivity (Wildman–Crippen MR) is 96.5 cm³/mol. The summed E-state index contributed by atoms with van der Waals surface area (Å²) in [5.41, 5.74) is 7.90. The van der Waals surface area contributed by atoms with E-state index < -0.39 is 5.91 Å².